The maximum atomic E-state index is 13.3. The molecule has 0 bridgehead atoms. The Labute approximate surface area is 174 Å². The van der Waals surface area contributed by atoms with E-state index in [1.54, 1.807) is 0 Å². The fourth-order valence-corrected chi connectivity index (χ4v) is 5.30. The zero-order valence-corrected chi connectivity index (χ0v) is 17.1. The van der Waals surface area contributed by atoms with Crippen LogP contribution >= 0.6 is 11.8 Å². The van der Waals surface area contributed by atoms with E-state index in [1.165, 1.54) is 4.90 Å². The van der Waals surface area contributed by atoms with Gasteiger partial charge in [-0.25, -0.2) is 0 Å². The Bertz CT molecular complexity index is 774. The highest BCUT2D eigenvalue weighted by Crippen LogP contribution is 2.52. The molecule has 30 heavy (non-hydrogen) atoms. The third-order valence-corrected chi connectivity index (χ3v) is 7.24. The molecule has 2 aliphatic rings. The smallest absolute Gasteiger partial charge is 0.369 e. The maximum absolute atomic E-state index is 13.3. The number of halogens is 6. The van der Waals surface area contributed by atoms with Gasteiger partial charge in [0.2, 0.25) is 5.91 Å². The highest BCUT2D eigenvalue weighted by Gasteiger charge is 2.71. The van der Waals surface area contributed by atoms with Crippen LogP contribution in [0.15, 0.2) is 23.1 Å². The summed E-state index contributed by atoms with van der Waals surface area (Å²) in [6, 6.07) is 2.43. The number of hydrogen-bond acceptors (Lipinski definition) is 3. The highest BCUT2D eigenvalue weighted by molar-refractivity contribution is 8.00. The number of aliphatic hydroxyl groups is 1. The lowest BCUT2D eigenvalue weighted by Crippen LogP contribution is -2.54. The molecule has 1 fully saturated rings. The van der Waals surface area contributed by atoms with Gasteiger partial charge in [0.1, 0.15) is 0 Å². The Kier molecular flexibility index (Phi) is 6.40. The highest BCUT2D eigenvalue weighted by atomic mass is 32.2. The lowest BCUT2D eigenvalue weighted by Gasteiger charge is -2.38. The van der Waals surface area contributed by atoms with Gasteiger partial charge in [-0.15, -0.1) is 11.8 Å². The first-order chi connectivity index (χ1) is 13.9. The predicted molar refractivity (Wildman–Crippen MR) is 101 cm³/mol. The van der Waals surface area contributed by atoms with Crippen molar-refractivity contribution >= 4 is 23.4 Å². The van der Waals surface area contributed by atoms with Gasteiger partial charge < -0.3 is 10.0 Å². The first-order valence-electron chi connectivity index (χ1n) is 9.88. The van der Waals surface area contributed by atoms with Crippen LogP contribution in [0.4, 0.5) is 32.0 Å². The second kappa shape index (κ2) is 8.26. The molecule has 1 aliphatic heterocycles. The average molecular weight is 455 g/mol. The molecular formula is C20H23F6NO2S. The van der Waals surface area contributed by atoms with Crippen LogP contribution in [0.5, 0.6) is 0 Å². The van der Waals surface area contributed by atoms with E-state index < -0.39 is 23.5 Å². The summed E-state index contributed by atoms with van der Waals surface area (Å²) in [5.41, 5.74) is -5.97. The number of thioether (sulfide) groups is 1. The van der Waals surface area contributed by atoms with E-state index in [0.717, 1.165) is 56.0 Å². The zero-order valence-electron chi connectivity index (χ0n) is 16.3. The van der Waals surface area contributed by atoms with Crippen LogP contribution in [-0.4, -0.2) is 35.2 Å². The Morgan fingerprint density at radius 3 is 2.23 bits per heavy atom. The largest absolute Gasteiger partial charge is 0.430 e. The molecule has 1 heterocycles. The molecule has 3 nitrogen and oxygen atoms in total. The molecule has 3 rings (SSSR count). The quantitative estimate of drug-likeness (QED) is 0.586. The molecule has 0 saturated heterocycles. The van der Waals surface area contributed by atoms with Crippen LogP contribution in [0, 0.1) is 5.92 Å². The fraction of sp³-hybridized carbons (Fsp3) is 0.650. The van der Waals surface area contributed by atoms with Gasteiger partial charge in [-0.2, -0.15) is 26.3 Å². The summed E-state index contributed by atoms with van der Waals surface area (Å²) in [7, 11) is 0. The van der Waals surface area contributed by atoms with Crippen LogP contribution in [0.25, 0.3) is 0 Å². The van der Waals surface area contributed by atoms with Gasteiger partial charge in [0.05, 0.1) is 5.69 Å². The van der Waals surface area contributed by atoms with Crippen molar-refractivity contribution in [2.24, 2.45) is 5.92 Å². The van der Waals surface area contributed by atoms with E-state index in [-0.39, 0.29) is 22.0 Å². The van der Waals surface area contributed by atoms with Crippen molar-refractivity contribution in [3.63, 3.8) is 0 Å². The van der Waals surface area contributed by atoms with Crippen LogP contribution in [-0.2, 0) is 10.4 Å². The molecule has 1 aliphatic carbocycles. The first-order valence-corrected chi connectivity index (χ1v) is 10.8. The number of nitrogens with zero attached hydrogens (tertiary/aromatic N) is 1. The molecule has 0 radical (unpaired) electrons. The third-order valence-electron chi connectivity index (χ3n) is 5.84. The minimum atomic E-state index is -5.94. The number of hydrogen-bond donors (Lipinski definition) is 1. The number of benzene rings is 1. The number of fused-ring (bicyclic) bond motifs is 1. The molecule has 1 saturated carbocycles. The Hall–Kier alpha value is -1.42. The standard InChI is InChI=1S/C20H23F6NO2S/c1-2-14-11-27(17(28)12-6-4-3-5-7-12)15-9-8-13(10-16(15)30-14)18(29,19(21,22)23)20(24,25)26/h8-10,12,14,29H,2-7,11H2,1H3. The van der Waals surface area contributed by atoms with E-state index in [2.05, 4.69) is 0 Å². The third kappa shape index (κ3) is 4.04. The number of carbonyl (C=O) groups excluding carboxylic acids is 1. The predicted octanol–water partition coefficient (Wildman–Crippen LogP) is 5.80. The average Bonchev–Trinajstić information content (AvgIpc) is 2.70. The normalized spacial score (nSPS) is 21.5. The second-order valence-corrected chi connectivity index (χ2v) is 9.16. The van der Waals surface area contributed by atoms with Gasteiger partial charge in [-0.3, -0.25) is 4.79 Å². The van der Waals surface area contributed by atoms with E-state index in [4.69, 9.17) is 0 Å². The molecule has 1 atom stereocenters. The van der Waals surface area contributed by atoms with Gasteiger partial charge in [0.15, 0.2) is 0 Å². The summed E-state index contributed by atoms with van der Waals surface area (Å²) < 4.78 is 79.6. The minimum absolute atomic E-state index is 0.135. The SMILES string of the molecule is CCC1CN(C(=O)C2CCCCC2)c2ccc(C(O)(C(F)(F)F)C(F)(F)F)cc2S1. The van der Waals surface area contributed by atoms with Crippen LogP contribution in [0.3, 0.4) is 0 Å². The van der Waals surface area contributed by atoms with Crippen molar-refractivity contribution in [3.8, 4) is 0 Å². The number of anilines is 1. The van der Waals surface area contributed by atoms with Crippen molar-refractivity contribution < 1.29 is 36.2 Å². The molecule has 168 valence electrons. The maximum Gasteiger partial charge on any atom is 0.430 e. The van der Waals surface area contributed by atoms with Crippen LogP contribution in [0.2, 0.25) is 0 Å². The lowest BCUT2D eigenvalue weighted by molar-refractivity contribution is -0.376. The number of carbonyl (C=O) groups is 1. The summed E-state index contributed by atoms with van der Waals surface area (Å²) in [4.78, 5) is 14.7. The molecule has 1 unspecified atom stereocenters. The van der Waals surface area contributed by atoms with Gasteiger partial charge in [-0.1, -0.05) is 32.3 Å². The molecule has 1 amide bonds. The summed E-state index contributed by atoms with van der Waals surface area (Å²) >= 11 is 1.14. The van der Waals surface area contributed by atoms with Gasteiger partial charge in [0.25, 0.3) is 5.60 Å². The van der Waals surface area contributed by atoms with Crippen LogP contribution in [0.1, 0.15) is 51.0 Å². The van der Waals surface area contributed by atoms with Crippen molar-refractivity contribution in [2.45, 2.75) is 73.5 Å². The van der Waals surface area contributed by atoms with Crippen molar-refractivity contribution in [1.29, 1.82) is 0 Å². The van der Waals surface area contributed by atoms with Gasteiger partial charge in [0, 0.05) is 28.2 Å². The number of alkyl halides is 6. The minimum Gasteiger partial charge on any atom is -0.369 e. The zero-order chi connectivity index (χ0) is 22.3. The van der Waals surface area contributed by atoms with Crippen molar-refractivity contribution in [3.05, 3.63) is 23.8 Å². The van der Waals surface area contributed by atoms with Crippen molar-refractivity contribution in [2.75, 3.05) is 11.4 Å². The topological polar surface area (TPSA) is 40.5 Å². The fourth-order valence-electron chi connectivity index (χ4n) is 4.05. The number of amides is 1. The molecule has 1 aromatic rings. The molecule has 0 spiro atoms. The summed E-state index contributed by atoms with van der Waals surface area (Å²) in [6.07, 6.45) is -6.95. The lowest BCUT2D eigenvalue weighted by atomic mass is 9.88. The second-order valence-electron chi connectivity index (χ2n) is 7.82. The monoisotopic (exact) mass is 455 g/mol. The molecule has 1 N–H and O–H groups in total. The van der Waals surface area contributed by atoms with E-state index >= 15 is 0 Å². The molecule has 0 aromatic heterocycles. The van der Waals surface area contributed by atoms with E-state index in [1.807, 2.05) is 6.92 Å². The Morgan fingerprint density at radius 2 is 1.70 bits per heavy atom. The first kappa shape index (κ1) is 23.2. The summed E-state index contributed by atoms with van der Waals surface area (Å²) in [5, 5.41) is 9.56. The van der Waals surface area contributed by atoms with Crippen LogP contribution < -0.4 is 4.90 Å². The van der Waals surface area contributed by atoms with E-state index in [9.17, 15) is 36.2 Å². The molecular weight excluding hydrogens is 432 g/mol. The molecule has 10 heteroatoms. The van der Waals surface area contributed by atoms with Gasteiger partial charge in [-0.05, 0) is 31.4 Å². The van der Waals surface area contributed by atoms with Crippen molar-refractivity contribution in [1.82, 2.24) is 0 Å². The summed E-state index contributed by atoms with van der Waals surface area (Å²) in [5.74, 6) is -0.321. The summed E-state index contributed by atoms with van der Waals surface area (Å²) in [6.45, 7) is 2.20. The van der Waals surface area contributed by atoms with E-state index in [0.29, 0.717) is 24.7 Å². The Morgan fingerprint density at radius 1 is 1.10 bits per heavy atom. The molecule has 1 aromatic carbocycles. The number of rotatable bonds is 3. The Balaban J connectivity index is 2.04. The van der Waals surface area contributed by atoms with Gasteiger partial charge >= 0.3 is 12.4 Å².